The summed E-state index contributed by atoms with van der Waals surface area (Å²) >= 11 is 0. The summed E-state index contributed by atoms with van der Waals surface area (Å²) in [6.45, 7) is 11.0. The second kappa shape index (κ2) is 9.58. The molecule has 9 nitrogen and oxygen atoms in total. The van der Waals surface area contributed by atoms with E-state index in [2.05, 4.69) is 20.9 Å². The van der Waals surface area contributed by atoms with Crippen LogP contribution in [0.5, 0.6) is 17.2 Å². The predicted octanol–water partition coefficient (Wildman–Crippen LogP) is 2.26. The third kappa shape index (κ3) is 7.97. The number of nitrogens with one attached hydrogen (secondary N) is 3. The van der Waals surface area contributed by atoms with Gasteiger partial charge in [0.1, 0.15) is 18.0 Å². The maximum Gasteiger partial charge on any atom is 0.408 e. The summed E-state index contributed by atoms with van der Waals surface area (Å²) in [5, 5.41) is 9.21. The van der Waals surface area contributed by atoms with Crippen molar-refractivity contribution in [2.24, 2.45) is 4.99 Å². The number of carbonyl (C=O) groups is 1. The average Bonchev–Trinajstić information content (AvgIpc) is 3.06. The molecule has 0 saturated carbocycles. The summed E-state index contributed by atoms with van der Waals surface area (Å²) in [4.78, 5) is 16.1. The number of fused-ring (bicyclic) bond motifs is 1. The molecule has 1 heterocycles. The topological polar surface area (TPSA) is 102 Å². The minimum absolute atomic E-state index is 0.238. The smallest absolute Gasteiger partial charge is 0.408 e. The molecule has 3 N–H and O–H groups in total. The van der Waals surface area contributed by atoms with Crippen LogP contribution in [0.2, 0.25) is 0 Å². The van der Waals surface area contributed by atoms with Gasteiger partial charge in [-0.3, -0.25) is 4.99 Å². The molecule has 1 aromatic rings. The summed E-state index contributed by atoms with van der Waals surface area (Å²) in [6, 6.07) is 5.47. The molecule has 0 aromatic heterocycles. The van der Waals surface area contributed by atoms with E-state index in [1.165, 1.54) is 0 Å². The molecular weight excluding hydrogens is 376 g/mol. The van der Waals surface area contributed by atoms with E-state index in [0.29, 0.717) is 37.2 Å². The highest BCUT2D eigenvalue weighted by Crippen LogP contribution is 2.34. The molecule has 0 unspecified atom stereocenters. The lowest BCUT2D eigenvalue weighted by molar-refractivity contribution is 0.0474. The molecule has 1 amide bonds. The van der Waals surface area contributed by atoms with E-state index in [1.807, 2.05) is 46.8 Å². The van der Waals surface area contributed by atoms with E-state index in [0.717, 1.165) is 5.75 Å². The number of carbonyl (C=O) groups excluding carboxylic acids is 1. The first kappa shape index (κ1) is 22.4. The summed E-state index contributed by atoms with van der Waals surface area (Å²) in [6.07, 6.45) is -0.454. The minimum atomic E-state index is -0.539. The summed E-state index contributed by atoms with van der Waals surface area (Å²) in [7, 11) is 1.68. The van der Waals surface area contributed by atoms with Crippen LogP contribution in [0.4, 0.5) is 4.79 Å². The lowest BCUT2D eigenvalue weighted by Gasteiger charge is -2.29. The first-order valence-corrected chi connectivity index (χ1v) is 9.56. The molecule has 0 spiro atoms. The highest BCUT2D eigenvalue weighted by Gasteiger charge is 2.24. The number of hydrogen-bond acceptors (Lipinski definition) is 6. The number of aliphatic imine (C=N–C) groups is 1. The maximum absolute atomic E-state index is 12.0. The fourth-order valence-corrected chi connectivity index (χ4v) is 2.45. The van der Waals surface area contributed by atoms with Crippen molar-refractivity contribution in [3.05, 3.63) is 18.2 Å². The van der Waals surface area contributed by atoms with Crippen LogP contribution in [0.15, 0.2) is 23.2 Å². The van der Waals surface area contributed by atoms with Gasteiger partial charge < -0.3 is 34.9 Å². The fourth-order valence-electron chi connectivity index (χ4n) is 2.45. The Morgan fingerprint density at radius 1 is 1.14 bits per heavy atom. The Bertz CT molecular complexity index is 728. The van der Waals surface area contributed by atoms with Gasteiger partial charge in [0.2, 0.25) is 6.79 Å². The first-order valence-electron chi connectivity index (χ1n) is 9.56. The summed E-state index contributed by atoms with van der Waals surface area (Å²) in [5.74, 6) is 2.73. The average molecular weight is 408 g/mol. The molecule has 162 valence electrons. The Balaban J connectivity index is 1.69. The minimum Gasteiger partial charge on any atom is -0.492 e. The lowest BCUT2D eigenvalue weighted by Crippen LogP contribution is -2.54. The molecule has 0 aliphatic carbocycles. The molecule has 0 fully saturated rings. The molecule has 1 aliphatic heterocycles. The van der Waals surface area contributed by atoms with Gasteiger partial charge in [0.05, 0.1) is 12.1 Å². The van der Waals surface area contributed by atoms with Crippen molar-refractivity contribution in [2.75, 3.05) is 33.5 Å². The fraction of sp³-hybridized carbons (Fsp3) is 0.600. The van der Waals surface area contributed by atoms with E-state index >= 15 is 0 Å². The number of ether oxygens (including phenoxy) is 4. The maximum atomic E-state index is 12.0. The Morgan fingerprint density at radius 2 is 1.86 bits per heavy atom. The predicted molar refractivity (Wildman–Crippen MR) is 111 cm³/mol. The lowest BCUT2D eigenvalue weighted by atomic mass is 10.1. The van der Waals surface area contributed by atoms with Gasteiger partial charge in [0, 0.05) is 19.7 Å². The SMILES string of the molecule is CN=C(NCCOc1ccc2c(c1)OCO2)NCC(C)(C)NC(=O)OC(C)(C)C. The molecule has 0 atom stereocenters. The van der Waals surface area contributed by atoms with Crippen molar-refractivity contribution in [3.63, 3.8) is 0 Å². The number of nitrogens with zero attached hydrogens (tertiary/aromatic N) is 1. The van der Waals surface area contributed by atoms with Crippen LogP contribution < -0.4 is 30.2 Å². The van der Waals surface area contributed by atoms with Crippen LogP contribution in [-0.4, -0.2) is 56.7 Å². The largest absolute Gasteiger partial charge is 0.492 e. The summed E-state index contributed by atoms with van der Waals surface area (Å²) < 4.78 is 21.6. The van der Waals surface area contributed by atoms with E-state index in [4.69, 9.17) is 18.9 Å². The van der Waals surface area contributed by atoms with Gasteiger partial charge in [-0.15, -0.1) is 0 Å². The standard InChI is InChI=1S/C20H32N4O5/c1-19(2,3)29-18(25)24-20(4,5)12-23-17(21-6)22-9-10-26-14-7-8-15-16(11-14)28-13-27-15/h7-8,11H,9-10,12-13H2,1-6H3,(H,24,25)(H2,21,22,23). The van der Waals surface area contributed by atoms with E-state index < -0.39 is 17.2 Å². The van der Waals surface area contributed by atoms with Crippen molar-refractivity contribution in [1.82, 2.24) is 16.0 Å². The molecule has 9 heteroatoms. The highest BCUT2D eigenvalue weighted by atomic mass is 16.7. The molecule has 0 radical (unpaired) electrons. The molecule has 0 saturated heterocycles. The second-order valence-corrected chi connectivity index (χ2v) is 8.23. The molecule has 0 bridgehead atoms. The number of benzene rings is 1. The first-order chi connectivity index (χ1) is 13.6. The van der Waals surface area contributed by atoms with Crippen LogP contribution in [0.25, 0.3) is 0 Å². The Labute approximate surface area is 172 Å². The third-order valence-electron chi connectivity index (χ3n) is 3.77. The van der Waals surface area contributed by atoms with Crippen LogP contribution in [0.1, 0.15) is 34.6 Å². The molecule has 29 heavy (non-hydrogen) atoms. The van der Waals surface area contributed by atoms with Crippen molar-refractivity contribution < 1.29 is 23.7 Å². The zero-order chi connectivity index (χ0) is 21.5. The number of guanidine groups is 1. The van der Waals surface area contributed by atoms with Gasteiger partial charge in [-0.2, -0.15) is 0 Å². The Morgan fingerprint density at radius 3 is 2.55 bits per heavy atom. The zero-order valence-corrected chi connectivity index (χ0v) is 18.0. The van der Waals surface area contributed by atoms with Gasteiger partial charge in [-0.1, -0.05) is 0 Å². The van der Waals surface area contributed by atoms with Crippen LogP contribution in [0.3, 0.4) is 0 Å². The second-order valence-electron chi connectivity index (χ2n) is 8.23. The van der Waals surface area contributed by atoms with Gasteiger partial charge >= 0.3 is 6.09 Å². The third-order valence-corrected chi connectivity index (χ3v) is 3.77. The quantitative estimate of drug-likeness (QED) is 0.361. The van der Waals surface area contributed by atoms with Crippen LogP contribution >= 0.6 is 0 Å². The zero-order valence-electron chi connectivity index (χ0n) is 18.0. The number of hydrogen-bond donors (Lipinski definition) is 3. The molecular formula is C20H32N4O5. The molecule has 2 rings (SSSR count). The monoisotopic (exact) mass is 408 g/mol. The van der Waals surface area contributed by atoms with Crippen molar-refractivity contribution >= 4 is 12.1 Å². The van der Waals surface area contributed by atoms with Gasteiger partial charge in [-0.25, -0.2) is 4.79 Å². The Hall–Kier alpha value is -2.84. The van der Waals surface area contributed by atoms with E-state index in [-0.39, 0.29) is 6.79 Å². The van der Waals surface area contributed by atoms with E-state index in [9.17, 15) is 4.79 Å². The number of amides is 1. The van der Waals surface area contributed by atoms with Gasteiger partial charge in [0.15, 0.2) is 17.5 Å². The molecule has 1 aliphatic rings. The van der Waals surface area contributed by atoms with E-state index in [1.54, 1.807) is 13.1 Å². The molecule has 1 aromatic carbocycles. The van der Waals surface area contributed by atoms with Gasteiger partial charge in [0.25, 0.3) is 0 Å². The number of rotatable bonds is 7. The van der Waals surface area contributed by atoms with Crippen molar-refractivity contribution in [1.29, 1.82) is 0 Å². The Kier molecular flexibility index (Phi) is 7.41. The highest BCUT2D eigenvalue weighted by molar-refractivity contribution is 5.79. The van der Waals surface area contributed by atoms with Crippen LogP contribution in [-0.2, 0) is 4.74 Å². The van der Waals surface area contributed by atoms with Crippen molar-refractivity contribution in [3.8, 4) is 17.2 Å². The van der Waals surface area contributed by atoms with Crippen LogP contribution in [0, 0.1) is 0 Å². The normalized spacial score (nSPS) is 13.7. The summed E-state index contributed by atoms with van der Waals surface area (Å²) in [5.41, 5.74) is -1.06. The number of alkyl carbamates (subject to hydrolysis) is 1. The van der Waals surface area contributed by atoms with Gasteiger partial charge in [-0.05, 0) is 46.8 Å². The van der Waals surface area contributed by atoms with Crippen molar-refractivity contribution in [2.45, 2.75) is 45.8 Å².